The summed E-state index contributed by atoms with van der Waals surface area (Å²) in [6, 6.07) is 9.93. The molecule has 0 aliphatic carbocycles. The van der Waals surface area contributed by atoms with Crippen LogP contribution in [0.3, 0.4) is 0 Å². The molecule has 1 unspecified atom stereocenters. The highest BCUT2D eigenvalue weighted by atomic mass is 32.1. The number of anilines is 1. The third kappa shape index (κ3) is 3.57. The van der Waals surface area contributed by atoms with E-state index in [1.165, 1.54) is 11.3 Å². The van der Waals surface area contributed by atoms with Crippen molar-refractivity contribution in [3.8, 4) is 11.3 Å². The molecule has 0 saturated heterocycles. The Labute approximate surface area is 122 Å². The van der Waals surface area contributed by atoms with Crippen LogP contribution in [0.4, 0.5) is 5.13 Å². The normalized spacial score (nSPS) is 12.3. The molecule has 1 aromatic carbocycles. The predicted molar refractivity (Wildman–Crippen MR) is 82.0 cm³/mol. The summed E-state index contributed by atoms with van der Waals surface area (Å²) in [6.45, 7) is 4.23. The minimum atomic E-state index is -0.771. The Morgan fingerprint density at radius 3 is 2.65 bits per heavy atom. The van der Waals surface area contributed by atoms with E-state index in [4.69, 9.17) is 5.11 Å². The Hall–Kier alpha value is -1.88. The van der Waals surface area contributed by atoms with E-state index in [1.807, 2.05) is 49.6 Å². The molecule has 5 heteroatoms. The summed E-state index contributed by atoms with van der Waals surface area (Å²) in [5, 5.41) is 15.0. The number of hydrogen-bond donors (Lipinski definition) is 2. The maximum absolute atomic E-state index is 11.1. The standard InChI is InChI=1S/C15H18N2O2S/c1-10(2)12(14(18)19)8-16-15-17-13(9-20-15)11-6-4-3-5-7-11/h3-7,9-10,12H,8H2,1-2H3,(H,16,17)(H,18,19). The van der Waals surface area contributed by atoms with Crippen LogP contribution in [0.2, 0.25) is 0 Å². The van der Waals surface area contributed by atoms with Gasteiger partial charge in [-0.2, -0.15) is 0 Å². The van der Waals surface area contributed by atoms with E-state index in [-0.39, 0.29) is 5.92 Å². The molecular weight excluding hydrogens is 272 g/mol. The average molecular weight is 290 g/mol. The van der Waals surface area contributed by atoms with Crippen LogP contribution in [0.1, 0.15) is 13.8 Å². The van der Waals surface area contributed by atoms with Crippen molar-refractivity contribution >= 4 is 22.4 Å². The summed E-state index contributed by atoms with van der Waals surface area (Å²) in [6.07, 6.45) is 0. The summed E-state index contributed by atoms with van der Waals surface area (Å²) >= 11 is 1.49. The Kier molecular flexibility index (Phi) is 4.74. The van der Waals surface area contributed by atoms with Crippen LogP contribution >= 0.6 is 11.3 Å². The highest BCUT2D eigenvalue weighted by Gasteiger charge is 2.21. The zero-order valence-corrected chi connectivity index (χ0v) is 12.4. The molecule has 1 heterocycles. The molecule has 106 valence electrons. The van der Waals surface area contributed by atoms with Crippen LogP contribution < -0.4 is 5.32 Å². The highest BCUT2D eigenvalue weighted by Crippen LogP contribution is 2.25. The van der Waals surface area contributed by atoms with E-state index in [2.05, 4.69) is 10.3 Å². The monoisotopic (exact) mass is 290 g/mol. The number of nitrogens with zero attached hydrogens (tertiary/aromatic N) is 1. The van der Waals surface area contributed by atoms with Crippen molar-refractivity contribution in [3.63, 3.8) is 0 Å². The number of hydrogen-bond acceptors (Lipinski definition) is 4. The second-order valence-corrected chi connectivity index (χ2v) is 5.83. The van der Waals surface area contributed by atoms with Gasteiger partial charge in [0.05, 0.1) is 11.6 Å². The fraction of sp³-hybridized carbons (Fsp3) is 0.333. The summed E-state index contributed by atoms with van der Waals surface area (Å²) in [5.41, 5.74) is 1.98. The minimum Gasteiger partial charge on any atom is -0.481 e. The van der Waals surface area contributed by atoms with Gasteiger partial charge in [0.2, 0.25) is 0 Å². The molecule has 0 aliphatic rings. The molecule has 0 amide bonds. The van der Waals surface area contributed by atoms with Gasteiger partial charge < -0.3 is 10.4 Å². The molecule has 20 heavy (non-hydrogen) atoms. The van der Waals surface area contributed by atoms with Gasteiger partial charge in [-0.3, -0.25) is 4.79 Å². The van der Waals surface area contributed by atoms with Crippen LogP contribution in [0.25, 0.3) is 11.3 Å². The summed E-state index contributed by atoms with van der Waals surface area (Å²) in [5.74, 6) is -1.08. The number of carboxylic acids is 1. The molecule has 0 fully saturated rings. The minimum absolute atomic E-state index is 0.0913. The van der Waals surface area contributed by atoms with Crippen molar-refractivity contribution in [2.75, 3.05) is 11.9 Å². The molecule has 0 saturated carbocycles. The first kappa shape index (κ1) is 14.5. The molecule has 4 nitrogen and oxygen atoms in total. The van der Waals surface area contributed by atoms with E-state index < -0.39 is 11.9 Å². The van der Waals surface area contributed by atoms with E-state index >= 15 is 0 Å². The lowest BCUT2D eigenvalue weighted by molar-refractivity contribution is -0.142. The van der Waals surface area contributed by atoms with Gasteiger partial charge in [0.15, 0.2) is 5.13 Å². The quantitative estimate of drug-likeness (QED) is 0.853. The number of aromatic nitrogens is 1. The number of aliphatic carboxylic acids is 1. The fourth-order valence-electron chi connectivity index (χ4n) is 1.90. The van der Waals surface area contributed by atoms with E-state index in [9.17, 15) is 4.79 Å². The van der Waals surface area contributed by atoms with Crippen LogP contribution in [-0.2, 0) is 4.79 Å². The van der Waals surface area contributed by atoms with Crippen LogP contribution in [0.15, 0.2) is 35.7 Å². The predicted octanol–water partition coefficient (Wildman–Crippen LogP) is 3.58. The molecular formula is C15H18N2O2S. The zero-order chi connectivity index (χ0) is 14.5. The smallest absolute Gasteiger partial charge is 0.308 e. The van der Waals surface area contributed by atoms with Gasteiger partial charge in [0, 0.05) is 17.5 Å². The van der Waals surface area contributed by atoms with Crippen molar-refractivity contribution in [3.05, 3.63) is 35.7 Å². The SMILES string of the molecule is CC(C)C(CNc1nc(-c2ccccc2)cs1)C(=O)O. The first-order valence-corrected chi connectivity index (χ1v) is 7.43. The van der Waals surface area contributed by atoms with Crippen molar-refractivity contribution in [1.82, 2.24) is 4.98 Å². The lowest BCUT2D eigenvalue weighted by Gasteiger charge is -2.16. The largest absolute Gasteiger partial charge is 0.481 e. The Morgan fingerprint density at radius 2 is 2.05 bits per heavy atom. The summed E-state index contributed by atoms with van der Waals surface area (Å²) in [4.78, 5) is 15.6. The second kappa shape index (κ2) is 6.52. The topological polar surface area (TPSA) is 62.2 Å². The number of benzene rings is 1. The van der Waals surface area contributed by atoms with Crippen LogP contribution in [-0.4, -0.2) is 22.6 Å². The maximum atomic E-state index is 11.1. The number of nitrogens with one attached hydrogen (secondary N) is 1. The highest BCUT2D eigenvalue weighted by molar-refractivity contribution is 7.14. The third-order valence-corrected chi connectivity index (χ3v) is 3.97. The molecule has 2 aromatic rings. The van der Waals surface area contributed by atoms with Gasteiger partial charge in [0.1, 0.15) is 0 Å². The number of carboxylic acid groups (broad SMARTS) is 1. The number of carbonyl (C=O) groups is 1. The Morgan fingerprint density at radius 1 is 1.35 bits per heavy atom. The summed E-state index contributed by atoms with van der Waals surface area (Å²) in [7, 11) is 0. The van der Waals surface area contributed by atoms with Crippen LogP contribution in [0.5, 0.6) is 0 Å². The third-order valence-electron chi connectivity index (χ3n) is 3.17. The van der Waals surface area contributed by atoms with Gasteiger partial charge in [0.25, 0.3) is 0 Å². The molecule has 2 rings (SSSR count). The Bertz CT molecular complexity index is 566. The van der Waals surface area contributed by atoms with Crippen molar-refractivity contribution in [1.29, 1.82) is 0 Å². The second-order valence-electron chi connectivity index (χ2n) is 4.97. The first-order valence-electron chi connectivity index (χ1n) is 6.55. The van der Waals surface area contributed by atoms with Gasteiger partial charge in [-0.1, -0.05) is 44.2 Å². The van der Waals surface area contributed by atoms with Gasteiger partial charge in [-0.15, -0.1) is 11.3 Å². The van der Waals surface area contributed by atoms with E-state index in [0.717, 1.165) is 16.4 Å². The lowest BCUT2D eigenvalue weighted by Crippen LogP contribution is -2.27. The van der Waals surface area contributed by atoms with E-state index in [1.54, 1.807) is 0 Å². The molecule has 1 aromatic heterocycles. The molecule has 1 atom stereocenters. The van der Waals surface area contributed by atoms with Gasteiger partial charge in [-0.05, 0) is 5.92 Å². The molecule has 0 aliphatic heterocycles. The molecule has 0 spiro atoms. The molecule has 0 bridgehead atoms. The van der Waals surface area contributed by atoms with Crippen molar-refractivity contribution in [2.24, 2.45) is 11.8 Å². The Balaban J connectivity index is 2.02. The van der Waals surface area contributed by atoms with Crippen molar-refractivity contribution < 1.29 is 9.90 Å². The maximum Gasteiger partial charge on any atom is 0.308 e. The van der Waals surface area contributed by atoms with Crippen LogP contribution in [0, 0.1) is 11.8 Å². The van der Waals surface area contributed by atoms with Gasteiger partial charge in [-0.25, -0.2) is 4.98 Å². The average Bonchev–Trinajstić information content (AvgIpc) is 2.88. The fourth-order valence-corrected chi connectivity index (χ4v) is 2.63. The van der Waals surface area contributed by atoms with E-state index in [0.29, 0.717) is 6.54 Å². The summed E-state index contributed by atoms with van der Waals surface area (Å²) < 4.78 is 0. The lowest BCUT2D eigenvalue weighted by atomic mass is 9.96. The number of thiazole rings is 1. The number of rotatable bonds is 6. The van der Waals surface area contributed by atoms with Gasteiger partial charge >= 0.3 is 5.97 Å². The molecule has 0 radical (unpaired) electrons. The van der Waals surface area contributed by atoms with Crippen molar-refractivity contribution in [2.45, 2.75) is 13.8 Å². The molecule has 2 N–H and O–H groups in total. The first-order chi connectivity index (χ1) is 9.58. The zero-order valence-electron chi connectivity index (χ0n) is 11.5.